The molecule has 14 heavy (non-hydrogen) atoms. The van der Waals surface area contributed by atoms with Gasteiger partial charge in [0.15, 0.2) is 0 Å². The van der Waals surface area contributed by atoms with E-state index in [9.17, 15) is 4.79 Å². The number of hydrogen-bond acceptors (Lipinski definition) is 1. The second kappa shape index (κ2) is 4.56. The van der Waals surface area contributed by atoms with Crippen LogP contribution >= 0.6 is 15.9 Å². The number of Topliss-reactive ketones (excluding diaryl/α,β-unsaturated/α-hetero) is 1. The minimum Gasteiger partial charge on any atom is -0.300 e. The van der Waals surface area contributed by atoms with E-state index in [4.69, 9.17) is 0 Å². The summed E-state index contributed by atoms with van der Waals surface area (Å²) in [6.45, 7) is 7.53. The van der Waals surface area contributed by atoms with Crippen LogP contribution in [0.5, 0.6) is 0 Å². The van der Waals surface area contributed by atoms with Crippen molar-refractivity contribution < 1.29 is 4.79 Å². The van der Waals surface area contributed by atoms with Gasteiger partial charge in [0.1, 0.15) is 5.78 Å². The lowest BCUT2D eigenvalue weighted by molar-refractivity contribution is -0.116. The van der Waals surface area contributed by atoms with Crippen LogP contribution in [0.2, 0.25) is 0 Å². The first-order valence-corrected chi connectivity index (χ1v) is 5.24. The Morgan fingerprint density at radius 1 is 1.50 bits per heavy atom. The predicted octanol–water partition coefficient (Wildman–Crippen LogP) is 3.75. The highest BCUT2D eigenvalue weighted by atomic mass is 79.9. The number of benzene rings is 1. The molecule has 0 spiro atoms. The Labute approximate surface area is 93.0 Å². The average Bonchev–Trinajstić information content (AvgIpc) is 2.08. The first kappa shape index (κ1) is 11.2. The lowest BCUT2D eigenvalue weighted by Crippen LogP contribution is -1.95. The molecule has 0 aliphatic heterocycles. The van der Waals surface area contributed by atoms with Crippen molar-refractivity contribution in [3.05, 3.63) is 40.4 Å². The minimum atomic E-state index is 0.148. The number of halogens is 1. The zero-order valence-corrected chi connectivity index (χ0v) is 10.0. The van der Waals surface area contributed by atoms with Crippen LogP contribution in [0.3, 0.4) is 0 Å². The predicted molar refractivity (Wildman–Crippen MR) is 63.2 cm³/mol. The molecule has 0 aromatic heterocycles. The molecule has 0 atom stereocenters. The highest BCUT2D eigenvalue weighted by Crippen LogP contribution is 2.26. The van der Waals surface area contributed by atoms with Gasteiger partial charge in [-0.3, -0.25) is 4.79 Å². The Kier molecular flexibility index (Phi) is 3.64. The van der Waals surface area contributed by atoms with Gasteiger partial charge >= 0.3 is 0 Å². The number of carbonyl (C=O) groups excluding carboxylic acids is 1. The SMILES string of the molecule is C=C(CC(C)=O)c1cccc(Br)c1C. The van der Waals surface area contributed by atoms with Crippen LogP contribution in [0, 0.1) is 6.92 Å². The first-order chi connectivity index (χ1) is 6.52. The fourth-order valence-electron chi connectivity index (χ4n) is 1.39. The van der Waals surface area contributed by atoms with E-state index in [1.54, 1.807) is 6.92 Å². The fourth-order valence-corrected chi connectivity index (χ4v) is 1.75. The molecule has 0 amide bonds. The quantitative estimate of drug-likeness (QED) is 0.801. The van der Waals surface area contributed by atoms with Crippen molar-refractivity contribution in [1.82, 2.24) is 0 Å². The minimum absolute atomic E-state index is 0.148. The third-order valence-corrected chi connectivity index (χ3v) is 2.97. The highest BCUT2D eigenvalue weighted by molar-refractivity contribution is 9.10. The molecule has 1 nitrogen and oxygen atoms in total. The molecule has 1 aromatic rings. The summed E-state index contributed by atoms with van der Waals surface area (Å²) in [5.41, 5.74) is 3.09. The molecule has 0 fully saturated rings. The van der Waals surface area contributed by atoms with Crippen molar-refractivity contribution in [2.75, 3.05) is 0 Å². The van der Waals surface area contributed by atoms with Crippen LogP contribution < -0.4 is 0 Å². The molecule has 1 aromatic carbocycles. The van der Waals surface area contributed by atoms with Crippen LogP contribution in [-0.4, -0.2) is 5.78 Å². The Morgan fingerprint density at radius 3 is 2.71 bits per heavy atom. The lowest BCUT2D eigenvalue weighted by Gasteiger charge is -2.08. The van der Waals surface area contributed by atoms with Crippen LogP contribution in [0.1, 0.15) is 24.5 Å². The van der Waals surface area contributed by atoms with E-state index in [1.807, 2.05) is 25.1 Å². The van der Waals surface area contributed by atoms with E-state index in [0.717, 1.165) is 21.2 Å². The third kappa shape index (κ3) is 2.55. The lowest BCUT2D eigenvalue weighted by atomic mass is 9.98. The van der Waals surface area contributed by atoms with Gasteiger partial charge in [-0.05, 0) is 36.6 Å². The summed E-state index contributed by atoms with van der Waals surface area (Å²) in [5.74, 6) is 0.148. The van der Waals surface area contributed by atoms with Crippen molar-refractivity contribution in [1.29, 1.82) is 0 Å². The number of allylic oxidation sites excluding steroid dienone is 1. The van der Waals surface area contributed by atoms with Crippen LogP contribution in [0.4, 0.5) is 0 Å². The van der Waals surface area contributed by atoms with Gasteiger partial charge in [0.25, 0.3) is 0 Å². The highest BCUT2D eigenvalue weighted by Gasteiger charge is 2.06. The molecule has 74 valence electrons. The van der Waals surface area contributed by atoms with Crippen molar-refractivity contribution in [2.45, 2.75) is 20.3 Å². The van der Waals surface area contributed by atoms with E-state index >= 15 is 0 Å². The van der Waals surface area contributed by atoms with E-state index in [2.05, 4.69) is 22.5 Å². The molecule has 0 N–H and O–H groups in total. The van der Waals surface area contributed by atoms with Crippen molar-refractivity contribution in [3.8, 4) is 0 Å². The van der Waals surface area contributed by atoms with E-state index in [1.165, 1.54) is 0 Å². The van der Waals surface area contributed by atoms with Gasteiger partial charge in [0.2, 0.25) is 0 Å². The summed E-state index contributed by atoms with van der Waals surface area (Å²) in [6.07, 6.45) is 0.428. The van der Waals surface area contributed by atoms with Gasteiger partial charge in [-0.25, -0.2) is 0 Å². The second-order valence-corrected chi connectivity index (χ2v) is 4.25. The first-order valence-electron chi connectivity index (χ1n) is 4.45. The maximum absolute atomic E-state index is 11.0. The Bertz CT molecular complexity index is 380. The van der Waals surface area contributed by atoms with E-state index in [0.29, 0.717) is 6.42 Å². The van der Waals surface area contributed by atoms with Crippen molar-refractivity contribution >= 4 is 27.3 Å². The fraction of sp³-hybridized carbons (Fsp3) is 0.250. The summed E-state index contributed by atoms with van der Waals surface area (Å²) in [6, 6.07) is 5.93. The Balaban J connectivity index is 3.01. The van der Waals surface area contributed by atoms with Gasteiger partial charge < -0.3 is 0 Å². The number of hydrogen-bond donors (Lipinski definition) is 0. The molecule has 0 unspecified atom stereocenters. The molecular weight excluding hydrogens is 240 g/mol. The molecule has 1 rings (SSSR count). The molecule has 0 aliphatic rings. The smallest absolute Gasteiger partial charge is 0.134 e. The zero-order chi connectivity index (χ0) is 10.7. The zero-order valence-electron chi connectivity index (χ0n) is 8.43. The Hall–Kier alpha value is -0.890. The Morgan fingerprint density at radius 2 is 2.14 bits per heavy atom. The summed E-state index contributed by atoms with van der Waals surface area (Å²) in [5, 5.41) is 0. The average molecular weight is 253 g/mol. The van der Waals surface area contributed by atoms with Crippen LogP contribution in [-0.2, 0) is 4.79 Å². The molecular formula is C12H13BrO. The largest absolute Gasteiger partial charge is 0.300 e. The molecule has 0 saturated heterocycles. The van der Waals surface area contributed by atoms with Gasteiger partial charge in [-0.1, -0.05) is 34.6 Å². The summed E-state index contributed by atoms with van der Waals surface area (Å²) < 4.78 is 1.06. The summed E-state index contributed by atoms with van der Waals surface area (Å²) in [7, 11) is 0. The van der Waals surface area contributed by atoms with Crippen LogP contribution in [0.25, 0.3) is 5.57 Å². The summed E-state index contributed by atoms with van der Waals surface area (Å²) >= 11 is 3.45. The third-order valence-electron chi connectivity index (χ3n) is 2.11. The van der Waals surface area contributed by atoms with E-state index in [-0.39, 0.29) is 5.78 Å². The van der Waals surface area contributed by atoms with E-state index < -0.39 is 0 Å². The molecule has 0 heterocycles. The molecule has 0 bridgehead atoms. The number of rotatable bonds is 3. The standard InChI is InChI=1S/C12H13BrO/c1-8(7-9(2)14)11-5-4-6-12(13)10(11)3/h4-6H,1,7H2,2-3H3. The summed E-state index contributed by atoms with van der Waals surface area (Å²) in [4.78, 5) is 11.0. The van der Waals surface area contributed by atoms with Crippen LogP contribution in [0.15, 0.2) is 29.3 Å². The molecule has 0 radical (unpaired) electrons. The number of carbonyl (C=O) groups is 1. The van der Waals surface area contributed by atoms with Gasteiger partial charge in [-0.15, -0.1) is 0 Å². The molecule has 0 saturated carbocycles. The maximum Gasteiger partial charge on any atom is 0.134 e. The molecule has 2 heteroatoms. The number of ketones is 1. The van der Waals surface area contributed by atoms with Crippen molar-refractivity contribution in [2.24, 2.45) is 0 Å². The second-order valence-electron chi connectivity index (χ2n) is 3.39. The van der Waals surface area contributed by atoms with Gasteiger partial charge in [-0.2, -0.15) is 0 Å². The van der Waals surface area contributed by atoms with Gasteiger partial charge in [0, 0.05) is 10.9 Å². The monoisotopic (exact) mass is 252 g/mol. The maximum atomic E-state index is 11.0. The van der Waals surface area contributed by atoms with Gasteiger partial charge in [0.05, 0.1) is 0 Å². The topological polar surface area (TPSA) is 17.1 Å². The van der Waals surface area contributed by atoms with Crippen molar-refractivity contribution in [3.63, 3.8) is 0 Å². The normalized spacial score (nSPS) is 9.93. The molecule has 0 aliphatic carbocycles.